The van der Waals surface area contributed by atoms with Crippen molar-refractivity contribution in [1.29, 1.82) is 0 Å². The summed E-state index contributed by atoms with van der Waals surface area (Å²) in [5.74, 6) is 0.771. The Balaban J connectivity index is 1.75. The predicted octanol–water partition coefficient (Wildman–Crippen LogP) is 10.9. The van der Waals surface area contributed by atoms with Crippen LogP contribution in [0, 0.1) is 18.8 Å². The average molecular weight is 542 g/mol. The molecule has 2 atom stereocenters. The molecule has 2 aliphatic carbocycles. The van der Waals surface area contributed by atoms with E-state index in [9.17, 15) is 0 Å². The molecule has 1 aromatic rings. The Morgan fingerprint density at radius 1 is 1.05 bits per heavy atom. The van der Waals surface area contributed by atoms with Crippen LogP contribution >= 0.6 is 0 Å². The summed E-state index contributed by atoms with van der Waals surface area (Å²) in [4.78, 5) is 0. The van der Waals surface area contributed by atoms with Gasteiger partial charge in [0.05, 0.1) is 0 Å². The minimum atomic E-state index is -1.03. The van der Waals surface area contributed by atoms with Crippen LogP contribution in [0.5, 0.6) is 0 Å². The van der Waals surface area contributed by atoms with Crippen LogP contribution < -0.4 is 5.32 Å². The van der Waals surface area contributed by atoms with Gasteiger partial charge >= 0.3 is 0 Å². The normalized spacial score (nSPS) is 26.9. The third-order valence-corrected chi connectivity index (χ3v) is 9.64. The van der Waals surface area contributed by atoms with Gasteiger partial charge in [0, 0.05) is 18.3 Å². The van der Waals surface area contributed by atoms with E-state index in [-0.39, 0.29) is 5.92 Å². The van der Waals surface area contributed by atoms with E-state index in [2.05, 4.69) is 102 Å². The zero-order valence-electron chi connectivity index (χ0n) is 26.2. The molecule has 0 amide bonds. The lowest BCUT2D eigenvalue weighted by molar-refractivity contribution is 0.0855. The lowest BCUT2D eigenvalue weighted by Crippen LogP contribution is -2.28. The lowest BCUT2D eigenvalue weighted by atomic mass is 9.75. The molecule has 1 saturated carbocycles. The van der Waals surface area contributed by atoms with Gasteiger partial charge in [-0.15, -0.1) is 0 Å². The van der Waals surface area contributed by atoms with Crippen LogP contribution in [0.4, 0.5) is 4.39 Å². The monoisotopic (exact) mass is 541 g/mol. The van der Waals surface area contributed by atoms with Crippen LogP contribution in [0.3, 0.4) is 0 Å². The summed E-state index contributed by atoms with van der Waals surface area (Å²) in [5, 5.41) is 3.61. The highest BCUT2D eigenvalue weighted by atomic mass is 19.1. The number of alkyl halides is 1. The molecule has 3 aliphatic rings. The molecular weight excluding hydrogens is 489 g/mol. The number of nitrogens with one attached hydrogen (secondary N) is 1. The minimum Gasteiger partial charge on any atom is -0.387 e. The minimum absolute atomic E-state index is 0.152. The Morgan fingerprint density at radius 3 is 2.40 bits per heavy atom. The second-order valence-corrected chi connectivity index (χ2v) is 12.7. The molecule has 0 radical (unpaired) electrons. The van der Waals surface area contributed by atoms with Crippen molar-refractivity contribution in [3.63, 3.8) is 0 Å². The molecule has 40 heavy (non-hydrogen) atoms. The second kappa shape index (κ2) is 13.4. The number of hydrogen-bond acceptors (Lipinski definition) is 1. The van der Waals surface area contributed by atoms with Gasteiger partial charge in [-0.3, -0.25) is 0 Å². The van der Waals surface area contributed by atoms with Crippen molar-refractivity contribution in [1.82, 2.24) is 5.32 Å². The molecule has 0 bridgehead atoms. The number of halogens is 1. The predicted molar refractivity (Wildman–Crippen MR) is 172 cm³/mol. The SMILES string of the molecule is CCC1=C(C)C(C2=C/CN/C=C(C(=C/C(C)CC3(F)CCCCC3)\c3ccc(C)cc3)/C(C)=C\2)=C(C)C(CC)C1. The molecule has 1 aromatic carbocycles. The fraction of sp³-hybridized carbons (Fsp3) is 0.526. The first-order chi connectivity index (χ1) is 19.2. The molecule has 1 aliphatic heterocycles. The van der Waals surface area contributed by atoms with Gasteiger partial charge < -0.3 is 5.32 Å². The highest BCUT2D eigenvalue weighted by Gasteiger charge is 2.33. The first kappa shape index (κ1) is 30.4. The molecule has 2 unspecified atom stereocenters. The van der Waals surface area contributed by atoms with E-state index in [0.29, 0.717) is 25.2 Å². The molecular formula is C38H52FN. The summed E-state index contributed by atoms with van der Waals surface area (Å²) in [7, 11) is 0. The van der Waals surface area contributed by atoms with Crippen molar-refractivity contribution in [3.8, 4) is 0 Å². The summed E-state index contributed by atoms with van der Waals surface area (Å²) in [6, 6.07) is 8.83. The maximum Gasteiger partial charge on any atom is 0.111 e. The first-order valence-electron chi connectivity index (χ1n) is 15.9. The molecule has 0 spiro atoms. The summed E-state index contributed by atoms with van der Waals surface area (Å²) in [5.41, 5.74) is 12.5. The van der Waals surface area contributed by atoms with E-state index >= 15 is 4.39 Å². The molecule has 4 rings (SSSR count). The van der Waals surface area contributed by atoms with Crippen molar-refractivity contribution in [3.05, 3.63) is 98.8 Å². The Kier molecular flexibility index (Phi) is 10.1. The second-order valence-electron chi connectivity index (χ2n) is 12.7. The molecule has 1 nitrogen and oxygen atoms in total. The summed E-state index contributed by atoms with van der Waals surface area (Å²) in [6.45, 7) is 16.7. The van der Waals surface area contributed by atoms with E-state index in [1.807, 2.05) is 0 Å². The van der Waals surface area contributed by atoms with Crippen molar-refractivity contribution in [2.45, 2.75) is 112 Å². The molecule has 1 fully saturated rings. The summed E-state index contributed by atoms with van der Waals surface area (Å²) in [6.07, 6.45) is 18.0. The maximum atomic E-state index is 15.7. The summed E-state index contributed by atoms with van der Waals surface area (Å²) < 4.78 is 15.7. The van der Waals surface area contributed by atoms with Gasteiger partial charge in [-0.25, -0.2) is 4.39 Å². The van der Waals surface area contributed by atoms with Crippen LogP contribution in [-0.2, 0) is 0 Å². The van der Waals surface area contributed by atoms with E-state index in [1.165, 1.54) is 69.4 Å². The van der Waals surface area contributed by atoms with E-state index in [4.69, 9.17) is 0 Å². The number of allylic oxidation sites excluding steroid dienone is 10. The Bertz CT molecular complexity index is 1240. The van der Waals surface area contributed by atoms with E-state index in [1.54, 1.807) is 5.57 Å². The van der Waals surface area contributed by atoms with Crippen LogP contribution in [0.1, 0.15) is 110 Å². The fourth-order valence-corrected chi connectivity index (χ4v) is 7.25. The van der Waals surface area contributed by atoms with Crippen molar-refractivity contribution in [2.24, 2.45) is 11.8 Å². The third kappa shape index (κ3) is 6.99. The van der Waals surface area contributed by atoms with Crippen LogP contribution in [0.2, 0.25) is 0 Å². The quantitative estimate of drug-likeness (QED) is 0.345. The lowest BCUT2D eigenvalue weighted by Gasteiger charge is -2.31. The number of hydrogen-bond donors (Lipinski definition) is 1. The van der Waals surface area contributed by atoms with Gasteiger partial charge in [0.2, 0.25) is 0 Å². The molecule has 216 valence electrons. The fourth-order valence-electron chi connectivity index (χ4n) is 7.25. The molecule has 2 heteroatoms. The first-order valence-corrected chi connectivity index (χ1v) is 15.9. The number of rotatable bonds is 8. The third-order valence-electron chi connectivity index (χ3n) is 9.64. The van der Waals surface area contributed by atoms with Gasteiger partial charge in [-0.1, -0.05) is 99.2 Å². The summed E-state index contributed by atoms with van der Waals surface area (Å²) >= 11 is 0. The van der Waals surface area contributed by atoms with Gasteiger partial charge in [-0.2, -0.15) is 0 Å². The highest BCUT2D eigenvalue weighted by molar-refractivity contribution is 5.84. The maximum absolute atomic E-state index is 15.7. The van der Waals surface area contributed by atoms with Gasteiger partial charge in [-0.05, 0) is 111 Å². The van der Waals surface area contributed by atoms with Crippen LogP contribution in [-0.4, -0.2) is 12.2 Å². The number of benzene rings is 1. The van der Waals surface area contributed by atoms with E-state index in [0.717, 1.165) is 25.8 Å². The van der Waals surface area contributed by atoms with Gasteiger partial charge in [0.25, 0.3) is 0 Å². The van der Waals surface area contributed by atoms with Crippen molar-refractivity contribution >= 4 is 5.57 Å². The Morgan fingerprint density at radius 2 is 1.75 bits per heavy atom. The zero-order valence-corrected chi connectivity index (χ0v) is 26.2. The number of aryl methyl sites for hydroxylation is 1. The van der Waals surface area contributed by atoms with Crippen molar-refractivity contribution < 1.29 is 4.39 Å². The van der Waals surface area contributed by atoms with E-state index < -0.39 is 5.67 Å². The topological polar surface area (TPSA) is 12.0 Å². The Hall–Kier alpha value is -2.61. The largest absolute Gasteiger partial charge is 0.387 e. The van der Waals surface area contributed by atoms with Gasteiger partial charge in [0.15, 0.2) is 0 Å². The molecule has 1 N–H and O–H groups in total. The van der Waals surface area contributed by atoms with Crippen LogP contribution in [0.15, 0.2) is 87.7 Å². The van der Waals surface area contributed by atoms with Crippen LogP contribution in [0.25, 0.3) is 5.57 Å². The molecule has 0 aromatic heterocycles. The van der Waals surface area contributed by atoms with Gasteiger partial charge in [0.1, 0.15) is 5.67 Å². The average Bonchev–Trinajstić information content (AvgIpc) is 2.91. The van der Waals surface area contributed by atoms with Crippen molar-refractivity contribution in [2.75, 3.05) is 6.54 Å². The molecule has 1 heterocycles. The standard InChI is InChI=1S/C38H52FN/c1-8-31-23-32(9-2)30(7)37(29(31)6)34-17-20-40-25-36(28(5)22-34)35(33-15-13-26(3)14-16-33)21-27(4)24-38(39)18-11-10-12-19-38/h13-17,21-22,25,27,31,40H,8-12,18-20,23-24H2,1-7H3/b28-22-,34-17+,35-21-,36-25-. The smallest absolute Gasteiger partial charge is 0.111 e. The Labute approximate surface area is 244 Å². The molecule has 0 saturated heterocycles. The highest BCUT2D eigenvalue weighted by Crippen LogP contribution is 2.42. The zero-order chi connectivity index (χ0) is 28.9.